The minimum atomic E-state index is 0.587. The maximum Gasteiger partial charge on any atom is 0.0962 e. The van der Waals surface area contributed by atoms with E-state index in [9.17, 15) is 0 Å². The Morgan fingerprint density at radius 2 is 2.25 bits per heavy atom. The van der Waals surface area contributed by atoms with E-state index >= 15 is 0 Å². The number of nitrogens with zero attached hydrogens (tertiary/aromatic N) is 1. The van der Waals surface area contributed by atoms with Crippen LogP contribution in [0.4, 0.5) is 0 Å². The molecular formula is C10H15NS. The third kappa shape index (κ3) is 1.40. The van der Waals surface area contributed by atoms with Gasteiger partial charge in [-0.25, -0.2) is 4.98 Å². The van der Waals surface area contributed by atoms with Gasteiger partial charge in [-0.3, -0.25) is 0 Å². The van der Waals surface area contributed by atoms with Crippen LogP contribution in [0.15, 0.2) is 5.38 Å². The van der Waals surface area contributed by atoms with Gasteiger partial charge in [0.05, 0.1) is 10.7 Å². The third-order valence-corrected chi connectivity index (χ3v) is 3.55. The zero-order valence-corrected chi connectivity index (χ0v) is 8.69. The van der Waals surface area contributed by atoms with Crippen LogP contribution in [0.3, 0.4) is 0 Å². The van der Waals surface area contributed by atoms with E-state index in [1.807, 2.05) is 11.3 Å². The summed E-state index contributed by atoms with van der Waals surface area (Å²) in [5, 5.41) is 3.58. The minimum absolute atomic E-state index is 0.587. The first kappa shape index (κ1) is 8.24. The van der Waals surface area contributed by atoms with Crippen LogP contribution in [0.5, 0.6) is 0 Å². The van der Waals surface area contributed by atoms with Gasteiger partial charge in [0, 0.05) is 11.3 Å². The summed E-state index contributed by atoms with van der Waals surface area (Å²) in [6, 6.07) is 0. The molecule has 0 aliphatic heterocycles. The van der Waals surface area contributed by atoms with Crippen molar-refractivity contribution >= 4 is 11.3 Å². The second-order valence-electron chi connectivity index (χ2n) is 4.08. The first-order chi connectivity index (χ1) is 5.68. The fraction of sp³-hybridized carbons (Fsp3) is 0.700. The average molecular weight is 181 g/mol. The second-order valence-corrected chi connectivity index (χ2v) is 4.97. The van der Waals surface area contributed by atoms with Gasteiger partial charge in [0.25, 0.3) is 0 Å². The van der Waals surface area contributed by atoms with Crippen LogP contribution in [0, 0.1) is 5.92 Å². The van der Waals surface area contributed by atoms with Crippen molar-refractivity contribution in [3.63, 3.8) is 0 Å². The van der Waals surface area contributed by atoms with Gasteiger partial charge in [0.1, 0.15) is 0 Å². The molecule has 2 atom stereocenters. The molecule has 1 aliphatic rings. The molecule has 0 N–H and O–H groups in total. The summed E-state index contributed by atoms with van der Waals surface area (Å²) in [4.78, 5) is 4.64. The molecule has 0 amide bonds. The van der Waals surface area contributed by atoms with Crippen LogP contribution in [-0.2, 0) is 0 Å². The van der Waals surface area contributed by atoms with Crippen LogP contribution < -0.4 is 0 Å². The van der Waals surface area contributed by atoms with Crippen molar-refractivity contribution in [1.82, 2.24) is 4.98 Å². The Kier molecular flexibility index (Phi) is 1.95. The predicted molar refractivity (Wildman–Crippen MR) is 52.7 cm³/mol. The van der Waals surface area contributed by atoms with E-state index in [4.69, 9.17) is 0 Å². The molecule has 2 rings (SSSR count). The molecule has 0 bridgehead atoms. The highest BCUT2D eigenvalue weighted by molar-refractivity contribution is 7.09. The minimum Gasteiger partial charge on any atom is -0.246 e. The molecule has 0 spiro atoms. The van der Waals surface area contributed by atoms with Crippen molar-refractivity contribution in [1.29, 1.82) is 0 Å². The average Bonchev–Trinajstić information content (AvgIpc) is 2.59. The van der Waals surface area contributed by atoms with E-state index in [1.54, 1.807) is 0 Å². The molecule has 2 unspecified atom stereocenters. The lowest BCUT2D eigenvalue weighted by atomic mass is 10.2. The topological polar surface area (TPSA) is 12.9 Å². The molecule has 66 valence electrons. The van der Waals surface area contributed by atoms with Gasteiger partial charge in [-0.2, -0.15) is 0 Å². The molecule has 1 aromatic rings. The monoisotopic (exact) mass is 181 g/mol. The molecule has 0 aromatic carbocycles. The SMILES string of the molecule is CC(C)c1csc(C2CC2C)n1. The number of hydrogen-bond donors (Lipinski definition) is 0. The number of rotatable bonds is 2. The molecule has 0 saturated heterocycles. The summed E-state index contributed by atoms with van der Waals surface area (Å²) < 4.78 is 0. The summed E-state index contributed by atoms with van der Waals surface area (Å²) in [7, 11) is 0. The van der Waals surface area contributed by atoms with E-state index in [-0.39, 0.29) is 0 Å². The van der Waals surface area contributed by atoms with Gasteiger partial charge in [-0.15, -0.1) is 11.3 Å². The van der Waals surface area contributed by atoms with E-state index in [0.717, 1.165) is 11.8 Å². The van der Waals surface area contributed by atoms with E-state index in [1.165, 1.54) is 17.1 Å². The van der Waals surface area contributed by atoms with E-state index in [0.29, 0.717) is 5.92 Å². The first-order valence-electron chi connectivity index (χ1n) is 4.63. The van der Waals surface area contributed by atoms with Crippen molar-refractivity contribution in [3.05, 3.63) is 16.1 Å². The normalized spacial score (nSPS) is 28.0. The molecule has 1 aromatic heterocycles. The van der Waals surface area contributed by atoms with Crippen LogP contribution in [0.2, 0.25) is 0 Å². The largest absolute Gasteiger partial charge is 0.246 e. The van der Waals surface area contributed by atoms with Gasteiger partial charge in [0.15, 0.2) is 0 Å². The molecule has 1 fully saturated rings. The van der Waals surface area contributed by atoms with Crippen LogP contribution in [-0.4, -0.2) is 4.98 Å². The lowest BCUT2D eigenvalue weighted by Crippen LogP contribution is -1.87. The fourth-order valence-corrected chi connectivity index (χ4v) is 2.63. The molecular weight excluding hydrogens is 166 g/mol. The van der Waals surface area contributed by atoms with E-state index in [2.05, 4.69) is 31.1 Å². The second kappa shape index (κ2) is 2.84. The van der Waals surface area contributed by atoms with Crippen LogP contribution >= 0.6 is 11.3 Å². The standard InChI is InChI=1S/C10H15NS/c1-6(2)9-5-12-10(11-9)8-4-7(8)3/h5-8H,4H2,1-3H3. The zero-order valence-electron chi connectivity index (χ0n) is 7.87. The number of thiazole rings is 1. The fourth-order valence-electron chi connectivity index (χ4n) is 1.40. The predicted octanol–water partition coefficient (Wildman–Crippen LogP) is 3.39. The number of aromatic nitrogens is 1. The Morgan fingerprint density at radius 3 is 2.67 bits per heavy atom. The van der Waals surface area contributed by atoms with Gasteiger partial charge < -0.3 is 0 Å². The maximum absolute atomic E-state index is 4.64. The summed E-state index contributed by atoms with van der Waals surface area (Å²) >= 11 is 1.84. The number of hydrogen-bond acceptors (Lipinski definition) is 2. The van der Waals surface area contributed by atoms with Gasteiger partial charge in [-0.1, -0.05) is 20.8 Å². The van der Waals surface area contributed by atoms with E-state index < -0.39 is 0 Å². The van der Waals surface area contributed by atoms with Crippen molar-refractivity contribution in [2.75, 3.05) is 0 Å². The molecule has 0 radical (unpaired) electrons. The summed E-state index contributed by atoms with van der Waals surface area (Å²) in [5.41, 5.74) is 1.27. The molecule has 1 heterocycles. The van der Waals surface area contributed by atoms with Crippen molar-refractivity contribution in [2.24, 2.45) is 5.92 Å². The van der Waals surface area contributed by atoms with Crippen LogP contribution in [0.25, 0.3) is 0 Å². The van der Waals surface area contributed by atoms with Crippen LogP contribution in [0.1, 0.15) is 49.7 Å². The van der Waals surface area contributed by atoms with Crippen molar-refractivity contribution in [3.8, 4) is 0 Å². The zero-order chi connectivity index (χ0) is 8.72. The van der Waals surface area contributed by atoms with Gasteiger partial charge in [-0.05, 0) is 18.3 Å². The Hall–Kier alpha value is -0.370. The van der Waals surface area contributed by atoms with Gasteiger partial charge >= 0.3 is 0 Å². The molecule has 12 heavy (non-hydrogen) atoms. The summed E-state index contributed by atoms with van der Waals surface area (Å²) in [5.74, 6) is 2.27. The quantitative estimate of drug-likeness (QED) is 0.681. The Balaban J connectivity index is 2.14. The Bertz CT molecular complexity index is 277. The van der Waals surface area contributed by atoms with Crippen molar-refractivity contribution < 1.29 is 0 Å². The molecule has 1 nitrogen and oxygen atoms in total. The Morgan fingerprint density at radius 1 is 1.58 bits per heavy atom. The van der Waals surface area contributed by atoms with Gasteiger partial charge in [0.2, 0.25) is 0 Å². The summed E-state index contributed by atoms with van der Waals surface area (Å²) in [6.07, 6.45) is 1.35. The highest BCUT2D eigenvalue weighted by Crippen LogP contribution is 2.48. The maximum atomic E-state index is 4.64. The molecule has 1 saturated carbocycles. The Labute approximate surface area is 77.8 Å². The lowest BCUT2D eigenvalue weighted by Gasteiger charge is -1.96. The summed E-state index contributed by atoms with van der Waals surface area (Å²) in [6.45, 7) is 6.71. The smallest absolute Gasteiger partial charge is 0.0962 e. The molecule has 1 aliphatic carbocycles. The molecule has 2 heteroatoms. The third-order valence-electron chi connectivity index (χ3n) is 2.56. The first-order valence-corrected chi connectivity index (χ1v) is 5.51. The van der Waals surface area contributed by atoms with Crippen molar-refractivity contribution in [2.45, 2.75) is 39.0 Å². The highest BCUT2D eigenvalue weighted by atomic mass is 32.1. The highest BCUT2D eigenvalue weighted by Gasteiger charge is 2.36. The lowest BCUT2D eigenvalue weighted by molar-refractivity contribution is 0.814.